The van der Waals surface area contributed by atoms with E-state index in [1.54, 1.807) is 0 Å². The lowest BCUT2D eigenvalue weighted by Crippen LogP contribution is -2.58. The molecule has 4 heteroatoms. The van der Waals surface area contributed by atoms with Crippen LogP contribution in [0.2, 0.25) is 0 Å². The van der Waals surface area contributed by atoms with E-state index in [1.807, 2.05) is 0 Å². The molecule has 4 nitrogen and oxygen atoms in total. The molecule has 11 atom stereocenters. The van der Waals surface area contributed by atoms with Gasteiger partial charge in [0.1, 0.15) is 0 Å². The second-order valence-electron chi connectivity index (χ2n) is 14.8. The highest BCUT2D eigenvalue weighted by Gasteiger charge is 2.62. The van der Waals surface area contributed by atoms with E-state index in [2.05, 4.69) is 46.9 Å². The molecule has 0 aromatic rings. The molecule has 0 aliphatic heterocycles. The van der Waals surface area contributed by atoms with Gasteiger partial charge in [0.15, 0.2) is 0 Å². The molecular weight excluding hydrogens is 446 g/mol. The van der Waals surface area contributed by atoms with Crippen molar-refractivity contribution < 1.29 is 15.0 Å². The third-order valence-corrected chi connectivity index (χ3v) is 12.1. The number of nitrogens with one attached hydrogen (secondary N) is 1. The van der Waals surface area contributed by atoms with E-state index in [-0.39, 0.29) is 29.6 Å². The summed E-state index contributed by atoms with van der Waals surface area (Å²) < 4.78 is 0. The van der Waals surface area contributed by atoms with Gasteiger partial charge in [-0.3, -0.25) is 4.79 Å². The SMILES string of the molecule is CC(C)CCC[C@H](C)NC(=O)CC[C@@H](C)[C@H]1CC[C@H]2[C@@H]3[C@@H](O)C[C@@H]4C[C@H](O)CC[C@]4(C)[C@H]3CC[C@]12C. The number of hydrogen-bond donors (Lipinski definition) is 3. The van der Waals surface area contributed by atoms with Crippen LogP contribution in [0.3, 0.4) is 0 Å². The highest BCUT2D eigenvalue weighted by Crippen LogP contribution is 2.68. The molecule has 1 amide bonds. The summed E-state index contributed by atoms with van der Waals surface area (Å²) in [5.41, 5.74) is 0.581. The number of fused-ring (bicyclic) bond motifs is 5. The summed E-state index contributed by atoms with van der Waals surface area (Å²) in [5, 5.41) is 25.0. The largest absolute Gasteiger partial charge is 0.393 e. The van der Waals surface area contributed by atoms with Gasteiger partial charge in [-0.05, 0) is 123 Å². The maximum Gasteiger partial charge on any atom is 0.220 e. The van der Waals surface area contributed by atoms with Crippen molar-refractivity contribution in [2.24, 2.45) is 52.3 Å². The van der Waals surface area contributed by atoms with Gasteiger partial charge in [0.2, 0.25) is 5.91 Å². The zero-order chi connectivity index (χ0) is 26.3. The second-order valence-corrected chi connectivity index (χ2v) is 14.8. The van der Waals surface area contributed by atoms with Gasteiger partial charge in [-0.15, -0.1) is 0 Å². The monoisotopic (exact) mass is 503 g/mol. The van der Waals surface area contributed by atoms with Gasteiger partial charge in [0.05, 0.1) is 12.2 Å². The van der Waals surface area contributed by atoms with E-state index in [0.717, 1.165) is 44.4 Å². The molecule has 36 heavy (non-hydrogen) atoms. The number of amides is 1. The van der Waals surface area contributed by atoms with Crippen molar-refractivity contribution in [3.8, 4) is 0 Å². The lowest BCUT2D eigenvalue weighted by molar-refractivity contribution is -0.174. The normalized spacial score (nSPS) is 43.9. The number of carbonyl (C=O) groups excluding carboxylic acids is 1. The number of carbonyl (C=O) groups is 1. The van der Waals surface area contributed by atoms with Crippen LogP contribution < -0.4 is 5.32 Å². The van der Waals surface area contributed by atoms with Gasteiger partial charge in [-0.25, -0.2) is 0 Å². The fourth-order valence-corrected chi connectivity index (χ4v) is 9.99. The Morgan fingerprint density at radius 2 is 1.58 bits per heavy atom. The van der Waals surface area contributed by atoms with Crippen LogP contribution in [-0.4, -0.2) is 34.4 Å². The number of rotatable bonds is 9. The topological polar surface area (TPSA) is 69.6 Å². The Morgan fingerprint density at radius 3 is 2.31 bits per heavy atom. The third kappa shape index (κ3) is 5.56. The molecule has 3 N–H and O–H groups in total. The van der Waals surface area contributed by atoms with Gasteiger partial charge < -0.3 is 15.5 Å². The molecule has 4 rings (SSSR count). The van der Waals surface area contributed by atoms with Crippen molar-refractivity contribution >= 4 is 5.91 Å². The molecule has 4 aliphatic carbocycles. The molecule has 0 saturated heterocycles. The summed E-state index contributed by atoms with van der Waals surface area (Å²) >= 11 is 0. The smallest absolute Gasteiger partial charge is 0.220 e. The molecule has 0 heterocycles. The van der Waals surface area contributed by atoms with E-state index in [0.29, 0.717) is 47.3 Å². The summed E-state index contributed by atoms with van der Waals surface area (Å²) in [6, 6.07) is 0.272. The Labute approximate surface area is 221 Å². The maximum absolute atomic E-state index is 12.7. The summed E-state index contributed by atoms with van der Waals surface area (Å²) in [6.45, 7) is 14.1. The highest BCUT2D eigenvalue weighted by molar-refractivity contribution is 5.76. The molecule has 4 fully saturated rings. The Bertz CT molecular complexity index is 754. The van der Waals surface area contributed by atoms with Gasteiger partial charge in [0.25, 0.3) is 0 Å². The summed E-state index contributed by atoms with van der Waals surface area (Å²) in [6.07, 6.45) is 13.6. The zero-order valence-corrected chi connectivity index (χ0v) is 24.3. The Morgan fingerprint density at radius 1 is 0.889 bits per heavy atom. The van der Waals surface area contributed by atoms with Crippen LogP contribution in [0.15, 0.2) is 0 Å². The molecule has 4 aliphatic rings. The van der Waals surface area contributed by atoms with Crippen LogP contribution in [0, 0.1) is 52.3 Å². The van der Waals surface area contributed by atoms with E-state index in [4.69, 9.17) is 0 Å². The molecule has 0 aromatic heterocycles. The summed E-state index contributed by atoms with van der Waals surface area (Å²) in [4.78, 5) is 12.7. The van der Waals surface area contributed by atoms with E-state index in [9.17, 15) is 15.0 Å². The molecule has 0 unspecified atom stereocenters. The minimum Gasteiger partial charge on any atom is -0.393 e. The van der Waals surface area contributed by atoms with Gasteiger partial charge in [0, 0.05) is 12.5 Å². The average molecular weight is 504 g/mol. The lowest BCUT2D eigenvalue weighted by Gasteiger charge is -2.62. The molecule has 208 valence electrons. The van der Waals surface area contributed by atoms with Crippen LogP contribution in [-0.2, 0) is 4.79 Å². The van der Waals surface area contributed by atoms with E-state index >= 15 is 0 Å². The molecule has 0 radical (unpaired) electrons. The average Bonchev–Trinajstić information content (AvgIpc) is 3.15. The minimum absolute atomic E-state index is 0.169. The Kier molecular flexibility index (Phi) is 8.87. The van der Waals surface area contributed by atoms with Crippen molar-refractivity contribution in [3.63, 3.8) is 0 Å². The lowest BCUT2D eigenvalue weighted by atomic mass is 9.43. The maximum atomic E-state index is 12.7. The third-order valence-electron chi connectivity index (χ3n) is 12.1. The van der Waals surface area contributed by atoms with Crippen molar-refractivity contribution in [1.82, 2.24) is 5.32 Å². The Hall–Kier alpha value is -0.610. The first-order valence-corrected chi connectivity index (χ1v) is 15.6. The first-order chi connectivity index (χ1) is 17.0. The van der Waals surface area contributed by atoms with E-state index < -0.39 is 0 Å². The Balaban J connectivity index is 1.34. The van der Waals surface area contributed by atoms with Gasteiger partial charge >= 0.3 is 0 Å². The zero-order valence-electron chi connectivity index (χ0n) is 24.3. The van der Waals surface area contributed by atoms with Crippen LogP contribution in [0.5, 0.6) is 0 Å². The summed E-state index contributed by atoms with van der Waals surface area (Å²) in [5.74, 6) is 4.28. The van der Waals surface area contributed by atoms with Crippen molar-refractivity contribution in [1.29, 1.82) is 0 Å². The predicted molar refractivity (Wildman–Crippen MR) is 147 cm³/mol. The van der Waals surface area contributed by atoms with Crippen LogP contribution >= 0.6 is 0 Å². The number of hydrogen-bond acceptors (Lipinski definition) is 3. The van der Waals surface area contributed by atoms with Gasteiger partial charge in [-0.1, -0.05) is 47.5 Å². The molecular formula is C32H57NO3. The molecule has 4 saturated carbocycles. The highest BCUT2D eigenvalue weighted by atomic mass is 16.3. The number of aliphatic hydroxyl groups is 2. The summed E-state index contributed by atoms with van der Waals surface area (Å²) in [7, 11) is 0. The first-order valence-electron chi connectivity index (χ1n) is 15.6. The van der Waals surface area contributed by atoms with Crippen LogP contribution in [0.1, 0.15) is 125 Å². The van der Waals surface area contributed by atoms with Crippen LogP contribution in [0.4, 0.5) is 0 Å². The van der Waals surface area contributed by atoms with Crippen LogP contribution in [0.25, 0.3) is 0 Å². The van der Waals surface area contributed by atoms with E-state index in [1.165, 1.54) is 38.5 Å². The van der Waals surface area contributed by atoms with Crippen molar-refractivity contribution in [2.75, 3.05) is 0 Å². The fourth-order valence-electron chi connectivity index (χ4n) is 9.99. The number of aliphatic hydroxyl groups excluding tert-OH is 2. The predicted octanol–water partition coefficient (Wildman–Crippen LogP) is 6.72. The fraction of sp³-hybridized carbons (Fsp3) is 0.969. The minimum atomic E-state index is -0.208. The molecule has 0 bridgehead atoms. The standard InChI is InChI=1S/C32H57NO3/c1-20(2)8-7-9-22(4)33-29(36)13-10-21(3)25-11-12-26-30-27(15-17-32(25,26)6)31(5)16-14-24(34)18-23(31)19-28(30)35/h20-28,30,34-35H,7-19H2,1-6H3,(H,33,36)/t21-,22+,23+,24-,25-,26+,27+,28+,30+,31+,32-/m1/s1. The first kappa shape index (κ1) is 28.4. The van der Waals surface area contributed by atoms with Crippen molar-refractivity contribution in [2.45, 2.75) is 143 Å². The molecule has 0 aromatic carbocycles. The molecule has 0 spiro atoms. The van der Waals surface area contributed by atoms with Crippen molar-refractivity contribution in [3.05, 3.63) is 0 Å². The quantitative estimate of drug-likeness (QED) is 0.327. The van der Waals surface area contributed by atoms with Gasteiger partial charge in [-0.2, -0.15) is 0 Å². The second kappa shape index (κ2) is 11.2.